The second kappa shape index (κ2) is 6.15. The molecule has 1 aliphatic rings. The minimum absolute atomic E-state index is 0.0676. The Labute approximate surface area is 115 Å². The van der Waals surface area contributed by atoms with Crippen LogP contribution in [0.5, 0.6) is 0 Å². The van der Waals surface area contributed by atoms with Gasteiger partial charge in [-0.15, -0.1) is 0 Å². The quantitative estimate of drug-likeness (QED) is 0.779. The van der Waals surface area contributed by atoms with Crippen LogP contribution in [0.25, 0.3) is 0 Å². The number of ketones is 1. The Hall–Kier alpha value is -1.42. The number of hydrogen-bond acceptors (Lipinski definition) is 4. The molecule has 0 bridgehead atoms. The van der Waals surface area contributed by atoms with Gasteiger partial charge in [0.2, 0.25) is 0 Å². The third-order valence-corrected chi connectivity index (χ3v) is 4.07. The summed E-state index contributed by atoms with van der Waals surface area (Å²) in [5.41, 5.74) is 0.679. The molecule has 0 amide bonds. The van der Waals surface area contributed by atoms with Gasteiger partial charge in [0.05, 0.1) is 0 Å². The summed E-state index contributed by atoms with van der Waals surface area (Å²) < 4.78 is 0. The van der Waals surface area contributed by atoms with Crippen molar-refractivity contribution in [1.82, 2.24) is 9.88 Å². The highest BCUT2D eigenvalue weighted by atomic mass is 16.1. The van der Waals surface area contributed by atoms with Gasteiger partial charge in [0, 0.05) is 37.9 Å². The first-order chi connectivity index (χ1) is 9.11. The molecule has 104 valence electrons. The van der Waals surface area contributed by atoms with E-state index in [4.69, 9.17) is 0 Å². The molecule has 4 nitrogen and oxygen atoms in total. The van der Waals surface area contributed by atoms with E-state index in [1.807, 2.05) is 12.1 Å². The summed E-state index contributed by atoms with van der Waals surface area (Å²) in [5.74, 6) is 1.03. The third-order valence-electron chi connectivity index (χ3n) is 4.07. The molecular weight excluding hydrogens is 238 g/mol. The lowest BCUT2D eigenvalue weighted by Crippen LogP contribution is -2.43. The van der Waals surface area contributed by atoms with Crippen molar-refractivity contribution in [3.63, 3.8) is 0 Å². The van der Waals surface area contributed by atoms with Gasteiger partial charge < -0.3 is 9.80 Å². The number of aromatic nitrogens is 1. The number of Topliss-reactive ketones (excluding diaryl/α,β-unsaturated/α-hetero) is 1. The second-order valence-electron chi connectivity index (χ2n) is 5.24. The number of piperidine rings is 1. The molecule has 1 aliphatic heterocycles. The Kier molecular flexibility index (Phi) is 4.53. The summed E-state index contributed by atoms with van der Waals surface area (Å²) >= 11 is 0. The minimum atomic E-state index is 0.0676. The predicted molar refractivity (Wildman–Crippen MR) is 77.8 cm³/mol. The lowest BCUT2D eigenvalue weighted by atomic mass is 10.0. The first-order valence-corrected chi connectivity index (χ1v) is 7.04. The fourth-order valence-corrected chi connectivity index (χ4v) is 2.61. The van der Waals surface area contributed by atoms with Gasteiger partial charge in [-0.3, -0.25) is 4.79 Å². The van der Waals surface area contributed by atoms with Crippen molar-refractivity contribution in [3.8, 4) is 0 Å². The van der Waals surface area contributed by atoms with Crippen molar-refractivity contribution in [2.24, 2.45) is 0 Å². The van der Waals surface area contributed by atoms with Crippen molar-refractivity contribution < 1.29 is 4.79 Å². The number of hydrogen-bond donors (Lipinski definition) is 0. The third kappa shape index (κ3) is 3.32. The molecule has 0 aromatic carbocycles. The lowest BCUT2D eigenvalue weighted by Gasteiger charge is -2.36. The first-order valence-electron chi connectivity index (χ1n) is 7.04. The van der Waals surface area contributed by atoms with Crippen molar-refractivity contribution in [2.75, 3.05) is 31.6 Å². The molecule has 0 atom stereocenters. The summed E-state index contributed by atoms with van der Waals surface area (Å²) in [6, 6.07) is 4.36. The molecule has 19 heavy (non-hydrogen) atoms. The molecule has 1 saturated heterocycles. The Bertz CT molecular complexity index is 422. The molecule has 1 fully saturated rings. The fraction of sp³-hybridized carbons (Fsp3) is 0.600. The van der Waals surface area contributed by atoms with Gasteiger partial charge in [-0.05, 0) is 38.4 Å². The number of rotatable bonds is 4. The predicted octanol–water partition coefficient (Wildman–Crippen LogP) is 2.20. The van der Waals surface area contributed by atoms with Crippen LogP contribution in [0, 0.1) is 0 Å². The average Bonchev–Trinajstić information content (AvgIpc) is 2.46. The summed E-state index contributed by atoms with van der Waals surface area (Å²) in [6.45, 7) is 7.25. The van der Waals surface area contributed by atoms with Crippen molar-refractivity contribution in [1.29, 1.82) is 0 Å². The summed E-state index contributed by atoms with van der Waals surface area (Å²) in [7, 11) is 2.10. The number of likely N-dealkylation sites (tertiary alicyclic amines) is 1. The molecule has 4 heteroatoms. The van der Waals surface area contributed by atoms with Crippen molar-refractivity contribution in [3.05, 3.63) is 23.9 Å². The molecule has 1 aromatic heterocycles. The zero-order valence-corrected chi connectivity index (χ0v) is 12.1. The largest absolute Gasteiger partial charge is 0.357 e. The molecule has 0 saturated carbocycles. The fourth-order valence-electron chi connectivity index (χ4n) is 2.61. The summed E-state index contributed by atoms with van der Waals surface area (Å²) in [5, 5.41) is 0. The molecule has 1 aromatic rings. The maximum absolute atomic E-state index is 11.2. The van der Waals surface area contributed by atoms with E-state index < -0.39 is 0 Å². The zero-order valence-electron chi connectivity index (χ0n) is 12.1. The molecule has 2 rings (SSSR count). The minimum Gasteiger partial charge on any atom is -0.357 e. The van der Waals surface area contributed by atoms with Crippen LogP contribution in [0.15, 0.2) is 18.3 Å². The monoisotopic (exact) mass is 261 g/mol. The number of anilines is 1. The molecule has 0 unspecified atom stereocenters. The Morgan fingerprint density at radius 3 is 2.58 bits per heavy atom. The van der Waals surface area contributed by atoms with Crippen LogP contribution < -0.4 is 4.90 Å². The van der Waals surface area contributed by atoms with Gasteiger partial charge in [-0.1, -0.05) is 6.92 Å². The molecule has 0 spiro atoms. The molecule has 0 aliphatic carbocycles. The molecule has 0 N–H and O–H groups in total. The van der Waals surface area contributed by atoms with Crippen LogP contribution in [-0.2, 0) is 0 Å². The van der Waals surface area contributed by atoms with E-state index in [0.29, 0.717) is 11.6 Å². The van der Waals surface area contributed by atoms with Crippen LogP contribution >= 0.6 is 0 Å². The van der Waals surface area contributed by atoms with E-state index in [1.165, 1.54) is 12.8 Å². The zero-order chi connectivity index (χ0) is 13.8. The van der Waals surface area contributed by atoms with Crippen LogP contribution in [0.3, 0.4) is 0 Å². The Balaban J connectivity index is 1.99. The van der Waals surface area contributed by atoms with E-state index in [9.17, 15) is 4.79 Å². The van der Waals surface area contributed by atoms with E-state index in [0.717, 1.165) is 25.5 Å². The number of nitrogens with zero attached hydrogens (tertiary/aromatic N) is 3. The molecular formula is C15H23N3O. The number of carbonyl (C=O) groups excluding carboxylic acids is 1. The average molecular weight is 261 g/mol. The van der Waals surface area contributed by atoms with E-state index in [2.05, 4.69) is 28.8 Å². The Morgan fingerprint density at radius 1 is 1.42 bits per heavy atom. The maximum atomic E-state index is 11.2. The van der Waals surface area contributed by atoms with Gasteiger partial charge in [-0.25, -0.2) is 4.98 Å². The van der Waals surface area contributed by atoms with Crippen LogP contribution in [0.2, 0.25) is 0 Å². The normalized spacial score (nSPS) is 17.4. The lowest BCUT2D eigenvalue weighted by molar-refractivity contribution is 0.101. The Morgan fingerprint density at radius 2 is 2.11 bits per heavy atom. The highest BCUT2D eigenvalue weighted by Crippen LogP contribution is 2.20. The van der Waals surface area contributed by atoms with E-state index in [-0.39, 0.29) is 5.78 Å². The molecule has 2 heterocycles. The smallest absolute Gasteiger partial charge is 0.161 e. The van der Waals surface area contributed by atoms with Crippen LogP contribution in [0.1, 0.15) is 37.0 Å². The maximum Gasteiger partial charge on any atom is 0.161 e. The highest BCUT2D eigenvalue weighted by Gasteiger charge is 2.22. The standard InChI is InChI=1S/C15H23N3O/c1-4-18-9-7-14(8-10-18)17(3)15-6-5-13(11-16-15)12(2)19/h5-6,11,14H,4,7-10H2,1-3H3. The van der Waals surface area contributed by atoms with E-state index in [1.54, 1.807) is 13.1 Å². The first kappa shape index (κ1) is 14.0. The molecule has 0 radical (unpaired) electrons. The van der Waals surface area contributed by atoms with Gasteiger partial charge >= 0.3 is 0 Å². The van der Waals surface area contributed by atoms with Gasteiger partial charge in [-0.2, -0.15) is 0 Å². The van der Waals surface area contributed by atoms with E-state index >= 15 is 0 Å². The van der Waals surface area contributed by atoms with Gasteiger partial charge in [0.15, 0.2) is 5.78 Å². The SMILES string of the molecule is CCN1CCC(N(C)c2ccc(C(C)=O)cn2)CC1. The highest BCUT2D eigenvalue weighted by molar-refractivity contribution is 5.93. The number of carbonyl (C=O) groups is 1. The van der Waals surface area contributed by atoms with Crippen molar-refractivity contribution in [2.45, 2.75) is 32.7 Å². The van der Waals surface area contributed by atoms with Gasteiger partial charge in [0.1, 0.15) is 5.82 Å². The van der Waals surface area contributed by atoms with Crippen molar-refractivity contribution >= 4 is 11.6 Å². The van der Waals surface area contributed by atoms with Crippen LogP contribution in [-0.4, -0.2) is 48.4 Å². The second-order valence-corrected chi connectivity index (χ2v) is 5.24. The number of pyridine rings is 1. The topological polar surface area (TPSA) is 36.4 Å². The summed E-state index contributed by atoms with van der Waals surface area (Å²) in [4.78, 5) is 20.4. The summed E-state index contributed by atoms with van der Waals surface area (Å²) in [6.07, 6.45) is 4.04. The van der Waals surface area contributed by atoms with Crippen LogP contribution in [0.4, 0.5) is 5.82 Å². The van der Waals surface area contributed by atoms with Gasteiger partial charge in [0.25, 0.3) is 0 Å².